The summed E-state index contributed by atoms with van der Waals surface area (Å²) in [6, 6.07) is 0.789. The van der Waals surface area contributed by atoms with Crippen molar-refractivity contribution in [1.29, 1.82) is 0 Å². The van der Waals surface area contributed by atoms with Gasteiger partial charge in [0.25, 0.3) is 0 Å². The van der Waals surface area contributed by atoms with Crippen LogP contribution in [-0.4, -0.2) is 49.2 Å². The topological polar surface area (TPSA) is 106 Å². The van der Waals surface area contributed by atoms with Gasteiger partial charge in [0.15, 0.2) is 0 Å². The first kappa shape index (κ1) is 20.5. The molecule has 27 heavy (non-hydrogen) atoms. The van der Waals surface area contributed by atoms with Crippen LogP contribution in [-0.2, 0) is 14.8 Å². The van der Waals surface area contributed by atoms with Crippen LogP contribution in [0.3, 0.4) is 0 Å². The lowest BCUT2D eigenvalue weighted by atomic mass is 9.86. The monoisotopic (exact) mass is 400 g/mol. The van der Waals surface area contributed by atoms with Crippen LogP contribution >= 0.6 is 0 Å². The van der Waals surface area contributed by atoms with E-state index >= 15 is 0 Å². The minimum absolute atomic E-state index is 0.295. The molecule has 0 spiro atoms. The van der Waals surface area contributed by atoms with E-state index in [0.29, 0.717) is 36.3 Å². The summed E-state index contributed by atoms with van der Waals surface area (Å²) < 4.78 is 37.5. The lowest BCUT2D eigenvalue weighted by Gasteiger charge is -2.29. The number of hydrogen-bond acceptors (Lipinski definition) is 7. The Hall–Kier alpha value is -1.19. The molecule has 8 nitrogen and oxygen atoms in total. The Morgan fingerprint density at radius 1 is 1.04 bits per heavy atom. The zero-order chi connectivity index (χ0) is 19.5. The first-order chi connectivity index (χ1) is 12.7. The number of anilines is 1. The van der Waals surface area contributed by atoms with Gasteiger partial charge < -0.3 is 14.5 Å². The van der Waals surface area contributed by atoms with Crippen LogP contribution < -0.4 is 10.0 Å². The fourth-order valence-electron chi connectivity index (χ4n) is 3.53. The fraction of sp³-hybridized carbons (Fsp3) is 0.889. The van der Waals surface area contributed by atoms with Gasteiger partial charge in [-0.2, -0.15) is 0 Å². The normalized spacial score (nSPS) is 25.4. The molecule has 1 saturated heterocycles. The molecule has 2 heterocycles. The van der Waals surface area contributed by atoms with Gasteiger partial charge >= 0.3 is 6.01 Å². The molecule has 3 rings (SSSR count). The first-order valence-corrected chi connectivity index (χ1v) is 11.4. The molecule has 0 unspecified atom stereocenters. The second-order valence-electron chi connectivity index (χ2n) is 8.66. The molecule has 0 aromatic carbocycles. The van der Waals surface area contributed by atoms with Gasteiger partial charge in [0.2, 0.25) is 15.9 Å². The first-order valence-electron chi connectivity index (χ1n) is 9.91. The predicted molar refractivity (Wildman–Crippen MR) is 103 cm³/mol. The lowest BCUT2D eigenvalue weighted by Crippen LogP contribution is -2.42. The Morgan fingerprint density at radius 3 is 2.33 bits per heavy atom. The summed E-state index contributed by atoms with van der Waals surface area (Å²) in [7, 11) is -3.28. The van der Waals surface area contributed by atoms with E-state index in [1.54, 1.807) is 20.8 Å². The number of nitrogens with one attached hydrogen (secondary N) is 2. The van der Waals surface area contributed by atoms with Crippen LogP contribution in [0.2, 0.25) is 0 Å². The van der Waals surface area contributed by atoms with Gasteiger partial charge in [0, 0.05) is 31.7 Å². The quantitative estimate of drug-likeness (QED) is 0.756. The molecule has 0 atom stereocenters. The van der Waals surface area contributed by atoms with E-state index in [4.69, 9.17) is 9.15 Å². The molecular weight excluding hydrogens is 368 g/mol. The SMILES string of the molecule is CC(C)(C)S(=O)(=O)NCC1CCC(Nc2nnc(C3CCOCC3)o2)CC1. The molecule has 2 N–H and O–H groups in total. The van der Waals surface area contributed by atoms with Crippen LogP contribution in [0.1, 0.15) is 71.1 Å². The summed E-state index contributed by atoms with van der Waals surface area (Å²) in [5.74, 6) is 1.38. The Balaban J connectivity index is 1.43. The fourth-order valence-corrected chi connectivity index (χ4v) is 4.42. The van der Waals surface area contributed by atoms with E-state index in [2.05, 4.69) is 20.2 Å². The van der Waals surface area contributed by atoms with Crippen molar-refractivity contribution in [1.82, 2.24) is 14.9 Å². The molecule has 154 valence electrons. The molecule has 0 bridgehead atoms. The maximum absolute atomic E-state index is 12.2. The minimum Gasteiger partial charge on any atom is -0.408 e. The van der Waals surface area contributed by atoms with Gasteiger partial charge in [-0.05, 0) is 65.2 Å². The van der Waals surface area contributed by atoms with Crippen molar-refractivity contribution in [2.75, 3.05) is 25.1 Å². The van der Waals surface area contributed by atoms with Gasteiger partial charge in [-0.15, -0.1) is 5.10 Å². The number of nitrogens with zero attached hydrogens (tertiary/aromatic N) is 2. The molecule has 1 aliphatic carbocycles. The summed E-state index contributed by atoms with van der Waals surface area (Å²) in [5.41, 5.74) is 0. The highest BCUT2D eigenvalue weighted by Gasteiger charge is 2.30. The molecule has 0 amide bonds. The highest BCUT2D eigenvalue weighted by atomic mass is 32.2. The molecular formula is C18H32N4O4S. The Morgan fingerprint density at radius 2 is 1.70 bits per heavy atom. The highest BCUT2D eigenvalue weighted by Crippen LogP contribution is 2.29. The summed E-state index contributed by atoms with van der Waals surface area (Å²) in [6.45, 7) is 7.16. The van der Waals surface area contributed by atoms with Crippen LogP contribution in [0.25, 0.3) is 0 Å². The zero-order valence-electron chi connectivity index (χ0n) is 16.5. The predicted octanol–water partition coefficient (Wildman–Crippen LogP) is 2.65. The molecule has 9 heteroatoms. The van der Waals surface area contributed by atoms with Crippen molar-refractivity contribution in [3.05, 3.63) is 5.89 Å². The maximum Gasteiger partial charge on any atom is 0.315 e. The summed E-state index contributed by atoms with van der Waals surface area (Å²) >= 11 is 0. The Kier molecular flexibility index (Phi) is 6.43. The molecule has 0 radical (unpaired) electrons. The summed E-state index contributed by atoms with van der Waals surface area (Å²) in [4.78, 5) is 0. The van der Waals surface area contributed by atoms with E-state index in [9.17, 15) is 8.42 Å². The van der Waals surface area contributed by atoms with Crippen LogP contribution in [0, 0.1) is 5.92 Å². The largest absolute Gasteiger partial charge is 0.408 e. The second kappa shape index (κ2) is 8.45. The van der Waals surface area contributed by atoms with E-state index in [-0.39, 0.29) is 0 Å². The average molecular weight is 401 g/mol. The third-order valence-corrected chi connectivity index (χ3v) is 7.71. The molecule has 1 saturated carbocycles. The van der Waals surface area contributed by atoms with Crippen molar-refractivity contribution in [3.8, 4) is 0 Å². The van der Waals surface area contributed by atoms with Gasteiger partial charge in [0.1, 0.15) is 0 Å². The molecule has 1 aromatic heterocycles. The smallest absolute Gasteiger partial charge is 0.315 e. The van der Waals surface area contributed by atoms with Crippen molar-refractivity contribution in [2.45, 2.75) is 76.0 Å². The number of rotatable bonds is 6. The molecule has 1 aromatic rings. The lowest BCUT2D eigenvalue weighted by molar-refractivity contribution is 0.0795. The number of aromatic nitrogens is 2. The van der Waals surface area contributed by atoms with Crippen LogP contribution in [0.4, 0.5) is 6.01 Å². The maximum atomic E-state index is 12.2. The van der Waals surface area contributed by atoms with Gasteiger partial charge in [-0.3, -0.25) is 0 Å². The van der Waals surface area contributed by atoms with E-state index < -0.39 is 14.8 Å². The minimum atomic E-state index is -3.28. The van der Waals surface area contributed by atoms with Gasteiger partial charge in [-0.1, -0.05) is 5.10 Å². The Bertz CT molecular complexity index is 699. The standard InChI is InChI=1S/C18H32N4O4S/c1-18(2,3)27(23,24)19-12-13-4-6-15(7-5-13)20-17-22-21-16(26-17)14-8-10-25-11-9-14/h13-15,19H,4-12H2,1-3H3,(H,20,22). The number of ether oxygens (including phenoxy) is 1. The van der Waals surface area contributed by atoms with Crippen molar-refractivity contribution < 1.29 is 17.6 Å². The van der Waals surface area contributed by atoms with Gasteiger partial charge in [-0.25, -0.2) is 13.1 Å². The highest BCUT2D eigenvalue weighted by molar-refractivity contribution is 7.90. The molecule has 1 aliphatic heterocycles. The van der Waals surface area contributed by atoms with E-state index in [1.165, 1.54) is 0 Å². The van der Waals surface area contributed by atoms with Crippen molar-refractivity contribution >= 4 is 16.0 Å². The average Bonchev–Trinajstić information content (AvgIpc) is 3.09. The van der Waals surface area contributed by atoms with Gasteiger partial charge in [0.05, 0.1) is 4.75 Å². The van der Waals surface area contributed by atoms with Crippen LogP contribution in [0.15, 0.2) is 4.42 Å². The van der Waals surface area contributed by atoms with Crippen molar-refractivity contribution in [3.63, 3.8) is 0 Å². The van der Waals surface area contributed by atoms with E-state index in [0.717, 1.165) is 51.7 Å². The third-order valence-electron chi connectivity index (χ3n) is 5.55. The van der Waals surface area contributed by atoms with E-state index in [1.807, 2.05) is 0 Å². The number of hydrogen-bond donors (Lipinski definition) is 2. The molecule has 2 aliphatic rings. The molecule has 2 fully saturated rings. The zero-order valence-corrected chi connectivity index (χ0v) is 17.3. The van der Waals surface area contributed by atoms with Crippen molar-refractivity contribution in [2.24, 2.45) is 5.92 Å². The van der Waals surface area contributed by atoms with Crippen LogP contribution in [0.5, 0.6) is 0 Å². The Labute approximate surface area is 161 Å². The third kappa shape index (κ3) is 5.42. The summed E-state index contributed by atoms with van der Waals surface area (Å²) in [6.07, 6.45) is 5.75. The number of sulfonamides is 1. The summed E-state index contributed by atoms with van der Waals surface area (Å²) in [5, 5.41) is 11.7. The second-order valence-corrected chi connectivity index (χ2v) is 11.2.